The molecule has 0 aliphatic carbocycles. The molecule has 0 saturated carbocycles. The lowest BCUT2D eigenvalue weighted by atomic mass is 10.1. The standard InChI is InChI=1S/C16H22N4O/c1-3-7-13-15-18-19-16(20(15)11-10-17-13)14(21-2)12-8-5-4-6-9-12/h4-6,8-9,13-14,17H,3,7,10-11H2,1-2H3. The Morgan fingerprint density at radius 3 is 2.86 bits per heavy atom. The second kappa shape index (κ2) is 6.37. The number of nitrogens with one attached hydrogen (secondary N) is 1. The molecule has 5 nitrogen and oxygen atoms in total. The Morgan fingerprint density at radius 1 is 1.33 bits per heavy atom. The molecule has 1 aliphatic heterocycles. The van der Waals surface area contributed by atoms with Crippen LogP contribution < -0.4 is 5.32 Å². The first-order valence-corrected chi connectivity index (χ1v) is 7.59. The quantitative estimate of drug-likeness (QED) is 0.917. The molecule has 5 heteroatoms. The normalized spacial score (nSPS) is 19.2. The summed E-state index contributed by atoms with van der Waals surface area (Å²) in [5.74, 6) is 1.94. The molecule has 2 atom stereocenters. The molecule has 112 valence electrons. The van der Waals surface area contributed by atoms with Crippen LogP contribution in [0.3, 0.4) is 0 Å². The van der Waals surface area contributed by atoms with E-state index in [0.717, 1.165) is 43.1 Å². The minimum absolute atomic E-state index is 0.159. The first-order valence-electron chi connectivity index (χ1n) is 7.59. The van der Waals surface area contributed by atoms with Crippen molar-refractivity contribution in [2.75, 3.05) is 13.7 Å². The lowest BCUT2D eigenvalue weighted by molar-refractivity contribution is 0.124. The predicted molar refractivity (Wildman–Crippen MR) is 81.0 cm³/mol. The highest BCUT2D eigenvalue weighted by atomic mass is 16.5. The number of aromatic nitrogens is 3. The zero-order valence-electron chi connectivity index (χ0n) is 12.6. The highest BCUT2D eigenvalue weighted by Crippen LogP contribution is 2.28. The molecular formula is C16H22N4O. The molecule has 2 heterocycles. The molecule has 21 heavy (non-hydrogen) atoms. The van der Waals surface area contributed by atoms with Crippen molar-refractivity contribution in [3.8, 4) is 0 Å². The highest BCUT2D eigenvalue weighted by molar-refractivity contribution is 5.24. The number of methoxy groups -OCH3 is 1. The van der Waals surface area contributed by atoms with Crippen molar-refractivity contribution in [1.29, 1.82) is 0 Å². The van der Waals surface area contributed by atoms with E-state index in [0.29, 0.717) is 6.04 Å². The third-order valence-corrected chi connectivity index (χ3v) is 4.00. The van der Waals surface area contributed by atoms with Crippen molar-refractivity contribution in [2.24, 2.45) is 0 Å². The summed E-state index contributed by atoms with van der Waals surface area (Å²) in [5, 5.41) is 12.4. The minimum atomic E-state index is -0.159. The van der Waals surface area contributed by atoms with E-state index in [4.69, 9.17) is 4.74 Å². The van der Waals surface area contributed by atoms with Crippen molar-refractivity contribution >= 4 is 0 Å². The van der Waals surface area contributed by atoms with Gasteiger partial charge in [0.15, 0.2) is 5.82 Å². The van der Waals surface area contributed by atoms with Crippen LogP contribution in [0.15, 0.2) is 30.3 Å². The third kappa shape index (κ3) is 2.71. The fourth-order valence-corrected chi connectivity index (χ4v) is 2.99. The van der Waals surface area contributed by atoms with Crippen LogP contribution in [0, 0.1) is 0 Å². The van der Waals surface area contributed by atoms with Gasteiger partial charge >= 0.3 is 0 Å². The summed E-state index contributed by atoms with van der Waals surface area (Å²) in [6.07, 6.45) is 2.06. The van der Waals surface area contributed by atoms with Crippen molar-refractivity contribution in [2.45, 2.75) is 38.5 Å². The second-order valence-corrected chi connectivity index (χ2v) is 5.39. The zero-order valence-corrected chi connectivity index (χ0v) is 12.6. The highest BCUT2D eigenvalue weighted by Gasteiger charge is 2.28. The van der Waals surface area contributed by atoms with Crippen LogP contribution in [0.2, 0.25) is 0 Å². The van der Waals surface area contributed by atoms with E-state index >= 15 is 0 Å². The Morgan fingerprint density at radius 2 is 2.14 bits per heavy atom. The maximum Gasteiger partial charge on any atom is 0.166 e. The molecule has 0 fully saturated rings. The van der Waals surface area contributed by atoms with Gasteiger partial charge in [0.2, 0.25) is 0 Å². The Labute approximate surface area is 125 Å². The third-order valence-electron chi connectivity index (χ3n) is 4.00. The number of fused-ring (bicyclic) bond motifs is 1. The van der Waals surface area contributed by atoms with E-state index in [1.54, 1.807) is 7.11 Å². The smallest absolute Gasteiger partial charge is 0.166 e. The minimum Gasteiger partial charge on any atom is -0.369 e. The molecule has 1 aromatic carbocycles. The van der Waals surface area contributed by atoms with Gasteiger partial charge in [0, 0.05) is 20.2 Å². The van der Waals surface area contributed by atoms with Crippen molar-refractivity contribution in [3.05, 3.63) is 47.5 Å². The van der Waals surface area contributed by atoms with E-state index in [1.807, 2.05) is 18.2 Å². The lowest BCUT2D eigenvalue weighted by Gasteiger charge is -2.26. The fourth-order valence-electron chi connectivity index (χ4n) is 2.99. The first kappa shape index (κ1) is 14.2. The van der Waals surface area contributed by atoms with Crippen LogP contribution in [0.1, 0.15) is 49.1 Å². The largest absolute Gasteiger partial charge is 0.369 e. The summed E-state index contributed by atoms with van der Waals surface area (Å²) in [4.78, 5) is 0. The van der Waals surface area contributed by atoms with E-state index in [9.17, 15) is 0 Å². The van der Waals surface area contributed by atoms with Gasteiger partial charge in [-0.3, -0.25) is 0 Å². The predicted octanol–water partition coefficient (Wildman–Crippen LogP) is 2.46. The number of benzene rings is 1. The van der Waals surface area contributed by atoms with E-state index in [1.165, 1.54) is 0 Å². The van der Waals surface area contributed by atoms with Gasteiger partial charge in [-0.05, 0) is 12.0 Å². The number of nitrogens with zero attached hydrogens (tertiary/aromatic N) is 3. The van der Waals surface area contributed by atoms with Crippen LogP contribution in [-0.4, -0.2) is 28.4 Å². The molecule has 0 spiro atoms. The van der Waals surface area contributed by atoms with Crippen LogP contribution in [-0.2, 0) is 11.3 Å². The molecule has 1 aromatic heterocycles. The number of hydrogen-bond acceptors (Lipinski definition) is 4. The number of hydrogen-bond donors (Lipinski definition) is 1. The summed E-state index contributed by atoms with van der Waals surface area (Å²) in [7, 11) is 1.73. The van der Waals surface area contributed by atoms with Gasteiger partial charge in [-0.1, -0.05) is 43.7 Å². The van der Waals surface area contributed by atoms with Gasteiger partial charge in [-0.2, -0.15) is 0 Å². The average Bonchev–Trinajstić information content (AvgIpc) is 2.95. The fraction of sp³-hybridized carbons (Fsp3) is 0.500. The molecule has 2 unspecified atom stereocenters. The molecule has 0 radical (unpaired) electrons. The molecule has 3 rings (SSSR count). The maximum absolute atomic E-state index is 5.70. The maximum atomic E-state index is 5.70. The van der Waals surface area contributed by atoms with Gasteiger partial charge in [-0.25, -0.2) is 0 Å². The van der Waals surface area contributed by atoms with E-state index < -0.39 is 0 Å². The van der Waals surface area contributed by atoms with Crippen LogP contribution in [0.5, 0.6) is 0 Å². The van der Waals surface area contributed by atoms with Gasteiger partial charge in [0.05, 0.1) is 6.04 Å². The molecule has 0 saturated heterocycles. The topological polar surface area (TPSA) is 52.0 Å². The summed E-state index contributed by atoms with van der Waals surface area (Å²) in [6.45, 7) is 4.04. The van der Waals surface area contributed by atoms with Gasteiger partial charge in [0.1, 0.15) is 11.9 Å². The monoisotopic (exact) mass is 286 g/mol. The Balaban J connectivity index is 1.96. The second-order valence-electron chi connectivity index (χ2n) is 5.39. The summed E-state index contributed by atoms with van der Waals surface area (Å²) >= 11 is 0. The van der Waals surface area contributed by atoms with E-state index in [-0.39, 0.29) is 6.10 Å². The number of rotatable bonds is 5. The van der Waals surface area contributed by atoms with Crippen LogP contribution >= 0.6 is 0 Å². The van der Waals surface area contributed by atoms with Crippen LogP contribution in [0.4, 0.5) is 0 Å². The van der Waals surface area contributed by atoms with Crippen molar-refractivity contribution in [3.63, 3.8) is 0 Å². The molecule has 0 bridgehead atoms. The molecule has 2 aromatic rings. The Hall–Kier alpha value is -1.72. The zero-order chi connectivity index (χ0) is 14.7. The Bertz CT molecular complexity index is 581. The van der Waals surface area contributed by atoms with Gasteiger partial charge in [0.25, 0.3) is 0 Å². The average molecular weight is 286 g/mol. The lowest BCUT2D eigenvalue weighted by Crippen LogP contribution is -2.34. The summed E-state index contributed by atoms with van der Waals surface area (Å²) in [5.41, 5.74) is 1.11. The number of ether oxygens (including phenoxy) is 1. The van der Waals surface area contributed by atoms with Gasteiger partial charge < -0.3 is 14.6 Å². The van der Waals surface area contributed by atoms with Crippen LogP contribution in [0.25, 0.3) is 0 Å². The van der Waals surface area contributed by atoms with Crippen molar-refractivity contribution in [1.82, 2.24) is 20.1 Å². The SMILES string of the molecule is CCCC1NCCn2c1nnc2C(OC)c1ccccc1. The Kier molecular flexibility index (Phi) is 4.31. The molecule has 1 N–H and O–H groups in total. The summed E-state index contributed by atoms with van der Waals surface area (Å²) in [6, 6.07) is 10.5. The van der Waals surface area contributed by atoms with Gasteiger partial charge in [-0.15, -0.1) is 10.2 Å². The molecule has 1 aliphatic rings. The molecule has 0 amide bonds. The van der Waals surface area contributed by atoms with E-state index in [2.05, 4.69) is 39.1 Å². The van der Waals surface area contributed by atoms with Crippen molar-refractivity contribution < 1.29 is 4.74 Å². The molecular weight excluding hydrogens is 264 g/mol. The first-order chi connectivity index (χ1) is 10.3. The summed E-state index contributed by atoms with van der Waals surface area (Å²) < 4.78 is 7.92.